The molecule has 3 rings (SSSR count). The fourth-order valence-electron chi connectivity index (χ4n) is 3.23. The summed E-state index contributed by atoms with van der Waals surface area (Å²) >= 11 is 0. The highest BCUT2D eigenvalue weighted by atomic mass is 16.6. The number of hydrogen-bond acceptors (Lipinski definition) is 7. The summed E-state index contributed by atoms with van der Waals surface area (Å²) in [6.45, 7) is 5.52. The van der Waals surface area contributed by atoms with Crippen LogP contribution in [0.5, 0.6) is 11.5 Å². The third kappa shape index (κ3) is 4.85. The maximum atomic E-state index is 12.0. The Kier molecular flexibility index (Phi) is 5.62. The van der Waals surface area contributed by atoms with E-state index >= 15 is 0 Å². The number of nitrogens with one attached hydrogen (secondary N) is 2. The second kappa shape index (κ2) is 7.95. The zero-order chi connectivity index (χ0) is 20.3. The molecular weight excluding hydrogens is 362 g/mol. The van der Waals surface area contributed by atoms with Crippen molar-refractivity contribution in [3.8, 4) is 22.8 Å². The van der Waals surface area contributed by atoms with Crippen LogP contribution in [-0.4, -0.2) is 46.1 Å². The van der Waals surface area contributed by atoms with Crippen LogP contribution in [0.2, 0.25) is 0 Å². The number of amides is 1. The fraction of sp³-hybridized carbons (Fsp3) is 0.526. The van der Waals surface area contributed by atoms with Crippen molar-refractivity contribution in [2.24, 2.45) is 0 Å². The summed E-state index contributed by atoms with van der Waals surface area (Å²) in [7, 11) is 1.57. The van der Waals surface area contributed by atoms with Gasteiger partial charge in [-0.1, -0.05) is 0 Å². The molecule has 0 aliphatic heterocycles. The van der Waals surface area contributed by atoms with E-state index in [1.807, 2.05) is 20.8 Å². The molecule has 1 fully saturated rings. The number of nitrogens with zero attached hydrogens (tertiary/aromatic N) is 2. The molecule has 0 radical (unpaired) electrons. The molecule has 0 aromatic carbocycles. The van der Waals surface area contributed by atoms with E-state index in [0.717, 1.165) is 12.8 Å². The molecule has 152 valence electrons. The quantitative estimate of drug-likeness (QED) is 0.718. The van der Waals surface area contributed by atoms with Gasteiger partial charge in [0, 0.05) is 18.5 Å². The van der Waals surface area contributed by atoms with Gasteiger partial charge in [0.15, 0.2) is 5.75 Å². The predicted molar refractivity (Wildman–Crippen MR) is 104 cm³/mol. The molecule has 0 unspecified atom stereocenters. The molecule has 2 heterocycles. The van der Waals surface area contributed by atoms with Crippen LogP contribution in [0.25, 0.3) is 11.3 Å². The molecule has 0 bridgehead atoms. The lowest BCUT2D eigenvalue weighted by atomic mass is 10.1. The summed E-state index contributed by atoms with van der Waals surface area (Å²) < 4.78 is 17.0. The van der Waals surface area contributed by atoms with Crippen molar-refractivity contribution in [2.75, 3.05) is 12.8 Å². The van der Waals surface area contributed by atoms with Gasteiger partial charge in [-0.25, -0.2) is 4.79 Å². The summed E-state index contributed by atoms with van der Waals surface area (Å²) in [6, 6.07) is 1.72. The zero-order valence-electron chi connectivity index (χ0n) is 16.6. The number of alkyl carbamates (subject to hydrolysis) is 1. The van der Waals surface area contributed by atoms with Gasteiger partial charge < -0.3 is 25.3 Å². The highest BCUT2D eigenvalue weighted by molar-refractivity contribution is 5.74. The number of pyridine rings is 1. The number of carbonyl (C=O) groups excluding carboxylic acids is 1. The number of methoxy groups -OCH3 is 1. The molecule has 0 saturated heterocycles. The number of rotatable bonds is 5. The van der Waals surface area contributed by atoms with E-state index in [9.17, 15) is 4.79 Å². The molecule has 1 aliphatic rings. The molecule has 4 N–H and O–H groups in total. The molecule has 9 heteroatoms. The fourth-order valence-corrected chi connectivity index (χ4v) is 3.23. The Morgan fingerprint density at radius 2 is 2.04 bits per heavy atom. The minimum Gasteiger partial charge on any atom is -0.494 e. The first kappa shape index (κ1) is 19.8. The van der Waals surface area contributed by atoms with E-state index in [-0.39, 0.29) is 12.1 Å². The molecule has 1 aliphatic carbocycles. The Morgan fingerprint density at radius 3 is 2.68 bits per heavy atom. The van der Waals surface area contributed by atoms with Crippen LogP contribution in [0.15, 0.2) is 18.5 Å². The molecule has 2 atom stereocenters. The third-order valence-electron chi connectivity index (χ3n) is 4.36. The Morgan fingerprint density at radius 1 is 1.29 bits per heavy atom. The van der Waals surface area contributed by atoms with Gasteiger partial charge in [-0.3, -0.25) is 10.1 Å². The minimum absolute atomic E-state index is 0.00432. The van der Waals surface area contributed by atoms with Gasteiger partial charge >= 0.3 is 6.09 Å². The lowest BCUT2D eigenvalue weighted by Gasteiger charge is -2.22. The normalized spacial score (nSPS) is 19.3. The molecule has 28 heavy (non-hydrogen) atoms. The Hall–Kier alpha value is -2.97. The van der Waals surface area contributed by atoms with E-state index in [2.05, 4.69) is 20.5 Å². The molecule has 2 aromatic rings. The number of nitrogens with two attached hydrogens (primary N) is 1. The van der Waals surface area contributed by atoms with Crippen molar-refractivity contribution in [1.82, 2.24) is 20.5 Å². The van der Waals surface area contributed by atoms with Crippen LogP contribution in [-0.2, 0) is 4.74 Å². The molecule has 1 amide bonds. The SMILES string of the molecule is COc1cncc(O[C@@H]2CC[C@@H](NC(=O)OC(C)(C)C)C2)c1-c1cc(N)n[nH]1. The number of aromatic amines is 1. The number of carbonyl (C=O) groups is 1. The standard InChI is InChI=1S/C19H27N5O4/c1-19(2,3)28-18(25)22-11-5-6-12(7-11)27-15-10-21-9-14(26-4)17(15)13-8-16(20)24-23-13/h8-12H,5-7H2,1-4H3,(H,22,25)(H3,20,23,24)/t11-,12-/m1/s1. The lowest BCUT2D eigenvalue weighted by molar-refractivity contribution is 0.0503. The molecule has 9 nitrogen and oxygen atoms in total. The molecule has 1 saturated carbocycles. The van der Waals surface area contributed by atoms with Gasteiger partial charge in [0.1, 0.15) is 23.3 Å². The molecule has 2 aromatic heterocycles. The van der Waals surface area contributed by atoms with Gasteiger partial charge in [0.25, 0.3) is 0 Å². The number of anilines is 1. The molecule has 0 spiro atoms. The second-order valence-electron chi connectivity index (χ2n) is 7.82. The van der Waals surface area contributed by atoms with E-state index in [0.29, 0.717) is 35.0 Å². The van der Waals surface area contributed by atoms with Crippen molar-refractivity contribution < 1.29 is 19.0 Å². The van der Waals surface area contributed by atoms with Crippen LogP contribution in [0.4, 0.5) is 10.6 Å². The van der Waals surface area contributed by atoms with Crippen molar-refractivity contribution in [3.63, 3.8) is 0 Å². The van der Waals surface area contributed by atoms with Crippen LogP contribution in [0.3, 0.4) is 0 Å². The van der Waals surface area contributed by atoms with E-state index in [4.69, 9.17) is 19.9 Å². The predicted octanol–water partition coefficient (Wildman–Crippen LogP) is 2.89. The van der Waals surface area contributed by atoms with Gasteiger partial charge in [0.2, 0.25) is 0 Å². The van der Waals surface area contributed by atoms with Crippen LogP contribution >= 0.6 is 0 Å². The number of hydrogen-bond donors (Lipinski definition) is 3. The smallest absolute Gasteiger partial charge is 0.407 e. The average Bonchev–Trinajstić information content (AvgIpc) is 3.21. The maximum absolute atomic E-state index is 12.0. The summed E-state index contributed by atoms with van der Waals surface area (Å²) in [6.07, 6.45) is 5.09. The van der Waals surface area contributed by atoms with Gasteiger partial charge in [-0.05, 0) is 33.6 Å². The Labute approximate surface area is 164 Å². The first-order chi connectivity index (χ1) is 13.2. The Bertz CT molecular complexity index is 830. The van der Waals surface area contributed by atoms with Crippen molar-refractivity contribution in [1.29, 1.82) is 0 Å². The summed E-state index contributed by atoms with van der Waals surface area (Å²) in [4.78, 5) is 16.2. The summed E-state index contributed by atoms with van der Waals surface area (Å²) in [5.41, 5.74) is 6.62. The van der Waals surface area contributed by atoms with Crippen molar-refractivity contribution >= 4 is 11.9 Å². The number of H-pyrrole nitrogens is 1. The topological polar surface area (TPSA) is 124 Å². The van der Waals surface area contributed by atoms with E-state index in [1.54, 1.807) is 25.6 Å². The third-order valence-corrected chi connectivity index (χ3v) is 4.36. The molecular formula is C19H27N5O4. The van der Waals surface area contributed by atoms with Crippen LogP contribution < -0.4 is 20.5 Å². The van der Waals surface area contributed by atoms with Crippen LogP contribution in [0.1, 0.15) is 40.0 Å². The lowest BCUT2D eigenvalue weighted by Crippen LogP contribution is -2.38. The van der Waals surface area contributed by atoms with Gasteiger partial charge in [-0.15, -0.1) is 0 Å². The van der Waals surface area contributed by atoms with Crippen LogP contribution in [0, 0.1) is 0 Å². The Balaban J connectivity index is 1.69. The maximum Gasteiger partial charge on any atom is 0.407 e. The summed E-state index contributed by atoms with van der Waals surface area (Å²) in [5, 5.41) is 9.77. The van der Waals surface area contributed by atoms with Crippen molar-refractivity contribution in [3.05, 3.63) is 18.5 Å². The van der Waals surface area contributed by atoms with E-state index < -0.39 is 11.7 Å². The highest BCUT2D eigenvalue weighted by Gasteiger charge is 2.30. The number of nitrogen functional groups attached to an aromatic ring is 1. The number of ether oxygens (including phenoxy) is 3. The number of aromatic nitrogens is 3. The first-order valence-corrected chi connectivity index (χ1v) is 9.24. The second-order valence-corrected chi connectivity index (χ2v) is 7.82. The zero-order valence-corrected chi connectivity index (χ0v) is 16.6. The average molecular weight is 389 g/mol. The van der Waals surface area contributed by atoms with Gasteiger partial charge in [-0.2, -0.15) is 5.10 Å². The largest absolute Gasteiger partial charge is 0.494 e. The van der Waals surface area contributed by atoms with Gasteiger partial charge in [0.05, 0.1) is 30.8 Å². The first-order valence-electron chi connectivity index (χ1n) is 9.24. The summed E-state index contributed by atoms with van der Waals surface area (Å²) in [5.74, 6) is 1.51. The van der Waals surface area contributed by atoms with Crippen molar-refractivity contribution in [2.45, 2.75) is 57.8 Å². The highest BCUT2D eigenvalue weighted by Crippen LogP contribution is 2.38. The minimum atomic E-state index is -0.522. The monoisotopic (exact) mass is 389 g/mol. The van der Waals surface area contributed by atoms with E-state index in [1.165, 1.54) is 0 Å².